The van der Waals surface area contributed by atoms with Crippen LogP contribution in [0.25, 0.3) is 0 Å². The van der Waals surface area contributed by atoms with E-state index in [0.717, 1.165) is 0 Å². The fraction of sp³-hybridized carbons (Fsp3) is 0.700. The highest BCUT2D eigenvalue weighted by Crippen LogP contribution is 2.07. The van der Waals surface area contributed by atoms with Gasteiger partial charge in [0, 0.05) is 17.0 Å². The van der Waals surface area contributed by atoms with Gasteiger partial charge in [0.1, 0.15) is 0 Å². The largest absolute Gasteiger partial charge is 0.350 e. The van der Waals surface area contributed by atoms with Gasteiger partial charge in [-0.25, -0.2) is 8.42 Å². The smallest absolute Gasteiger partial charge is 0.234 e. The van der Waals surface area contributed by atoms with Gasteiger partial charge in [-0.3, -0.25) is 4.79 Å². The molecule has 0 aliphatic carbocycles. The first-order valence-electron chi connectivity index (χ1n) is 5.13. The van der Waals surface area contributed by atoms with Crippen LogP contribution in [0.3, 0.4) is 0 Å². The van der Waals surface area contributed by atoms with Gasteiger partial charge in [0.15, 0.2) is 9.84 Å². The Kier molecular flexibility index (Phi) is 3.75. The summed E-state index contributed by atoms with van der Waals surface area (Å²) in [7, 11) is -3.05. The normalized spacial score (nSPS) is 23.3. The molecule has 1 amide bonds. The van der Waals surface area contributed by atoms with Crippen molar-refractivity contribution in [1.29, 1.82) is 0 Å². The number of hydrogen-bond acceptors (Lipinski definition) is 4. The van der Waals surface area contributed by atoms with E-state index in [9.17, 15) is 13.2 Å². The highest BCUT2D eigenvalue weighted by molar-refractivity contribution is 7.94. The number of sulfone groups is 1. The van der Waals surface area contributed by atoms with E-state index in [4.69, 9.17) is 0 Å². The van der Waals surface area contributed by atoms with Crippen molar-refractivity contribution < 1.29 is 13.2 Å². The van der Waals surface area contributed by atoms with Crippen molar-refractivity contribution >= 4 is 15.7 Å². The molecule has 0 aromatic carbocycles. The molecular weight excluding hydrogens is 228 g/mol. The third-order valence-electron chi connectivity index (χ3n) is 1.97. The van der Waals surface area contributed by atoms with E-state index in [1.807, 2.05) is 20.8 Å². The number of rotatable bonds is 3. The summed E-state index contributed by atoms with van der Waals surface area (Å²) in [6, 6.07) is -0.254. The van der Waals surface area contributed by atoms with Crippen molar-refractivity contribution in [3.8, 4) is 0 Å². The first-order chi connectivity index (χ1) is 7.18. The van der Waals surface area contributed by atoms with E-state index in [0.29, 0.717) is 0 Å². The summed E-state index contributed by atoms with van der Waals surface area (Å²) in [5.74, 6) is -0.0966. The molecule has 1 heterocycles. The summed E-state index contributed by atoms with van der Waals surface area (Å²) < 4.78 is 22.2. The lowest BCUT2D eigenvalue weighted by atomic mass is 10.1. The quantitative estimate of drug-likeness (QED) is 0.723. The number of carbonyl (C=O) groups is 1. The van der Waals surface area contributed by atoms with Crippen molar-refractivity contribution in [2.75, 3.05) is 12.3 Å². The number of carbonyl (C=O) groups excluding carboxylic acids is 1. The Morgan fingerprint density at radius 1 is 1.44 bits per heavy atom. The minimum atomic E-state index is -3.05. The van der Waals surface area contributed by atoms with E-state index < -0.39 is 9.84 Å². The Morgan fingerprint density at radius 3 is 2.50 bits per heavy atom. The Labute approximate surface area is 96.2 Å². The minimum absolute atomic E-state index is 0.0375. The van der Waals surface area contributed by atoms with Crippen molar-refractivity contribution in [1.82, 2.24) is 10.6 Å². The highest BCUT2D eigenvalue weighted by Gasteiger charge is 2.22. The summed E-state index contributed by atoms with van der Waals surface area (Å²) in [4.78, 5) is 11.4. The predicted octanol–water partition coefficient (Wildman–Crippen LogP) is -0.199. The van der Waals surface area contributed by atoms with E-state index in [-0.39, 0.29) is 29.8 Å². The molecule has 0 aromatic rings. The summed E-state index contributed by atoms with van der Waals surface area (Å²) in [5, 5.41) is 6.86. The van der Waals surface area contributed by atoms with Crippen LogP contribution in [0.5, 0.6) is 0 Å². The van der Waals surface area contributed by atoms with Crippen molar-refractivity contribution in [2.45, 2.75) is 32.4 Å². The van der Waals surface area contributed by atoms with Crippen LogP contribution in [0.15, 0.2) is 11.5 Å². The second kappa shape index (κ2) is 4.55. The van der Waals surface area contributed by atoms with E-state index in [2.05, 4.69) is 10.6 Å². The van der Waals surface area contributed by atoms with Gasteiger partial charge in [-0.2, -0.15) is 0 Å². The van der Waals surface area contributed by atoms with E-state index in [1.54, 1.807) is 6.08 Å². The van der Waals surface area contributed by atoms with Gasteiger partial charge in [-0.15, -0.1) is 0 Å². The maximum atomic E-state index is 11.4. The van der Waals surface area contributed by atoms with Gasteiger partial charge in [-0.05, 0) is 20.8 Å². The number of nitrogens with one attached hydrogen (secondary N) is 2. The maximum absolute atomic E-state index is 11.4. The second-order valence-corrected chi connectivity index (χ2v) is 6.87. The Hall–Kier alpha value is -0.880. The summed E-state index contributed by atoms with van der Waals surface area (Å²) >= 11 is 0. The molecule has 0 saturated heterocycles. The van der Waals surface area contributed by atoms with Gasteiger partial charge in [0.05, 0.1) is 12.3 Å². The molecule has 92 valence electrons. The molecular formula is C10H18N2O3S. The van der Waals surface area contributed by atoms with Crippen LogP contribution in [0, 0.1) is 0 Å². The lowest BCUT2D eigenvalue weighted by Gasteiger charge is -2.21. The summed E-state index contributed by atoms with van der Waals surface area (Å²) in [5.41, 5.74) is -0.268. The molecule has 16 heavy (non-hydrogen) atoms. The number of hydrogen-bond donors (Lipinski definition) is 2. The average molecular weight is 246 g/mol. The Bertz CT molecular complexity index is 393. The third kappa shape index (κ3) is 4.76. The van der Waals surface area contributed by atoms with Crippen LogP contribution in [0.1, 0.15) is 20.8 Å². The van der Waals surface area contributed by atoms with Crippen LogP contribution in [-0.2, 0) is 14.6 Å². The van der Waals surface area contributed by atoms with Crippen LogP contribution < -0.4 is 10.6 Å². The zero-order chi connectivity index (χ0) is 12.4. The van der Waals surface area contributed by atoms with Gasteiger partial charge >= 0.3 is 0 Å². The molecule has 1 unspecified atom stereocenters. The molecule has 2 N–H and O–H groups in total. The third-order valence-corrected chi connectivity index (χ3v) is 3.36. The molecule has 1 atom stereocenters. The first-order valence-corrected chi connectivity index (χ1v) is 6.85. The topological polar surface area (TPSA) is 75.3 Å². The fourth-order valence-electron chi connectivity index (χ4n) is 1.39. The minimum Gasteiger partial charge on any atom is -0.350 e. The van der Waals surface area contributed by atoms with Gasteiger partial charge in [0.2, 0.25) is 5.91 Å². The first kappa shape index (κ1) is 13.2. The van der Waals surface area contributed by atoms with Gasteiger partial charge < -0.3 is 10.6 Å². The van der Waals surface area contributed by atoms with E-state index in [1.165, 1.54) is 5.41 Å². The van der Waals surface area contributed by atoms with Crippen molar-refractivity contribution in [3.05, 3.63) is 11.5 Å². The molecule has 1 aliphatic rings. The number of amides is 1. The van der Waals surface area contributed by atoms with Gasteiger partial charge in [-0.1, -0.05) is 6.08 Å². The molecule has 0 radical (unpaired) electrons. The van der Waals surface area contributed by atoms with Crippen LogP contribution in [0.2, 0.25) is 0 Å². The molecule has 0 fully saturated rings. The maximum Gasteiger partial charge on any atom is 0.234 e. The summed E-state index contributed by atoms with van der Waals surface area (Å²) in [6.07, 6.45) is 1.57. The van der Waals surface area contributed by atoms with E-state index >= 15 is 0 Å². The van der Waals surface area contributed by atoms with Crippen molar-refractivity contribution in [3.63, 3.8) is 0 Å². The van der Waals surface area contributed by atoms with Crippen LogP contribution in [0.4, 0.5) is 0 Å². The van der Waals surface area contributed by atoms with Crippen LogP contribution >= 0.6 is 0 Å². The highest BCUT2D eigenvalue weighted by atomic mass is 32.2. The Balaban J connectivity index is 2.32. The lowest BCUT2D eigenvalue weighted by molar-refractivity contribution is -0.121. The summed E-state index contributed by atoms with van der Waals surface area (Å²) in [6.45, 7) is 5.81. The molecule has 0 aromatic heterocycles. The lowest BCUT2D eigenvalue weighted by Crippen LogP contribution is -2.46. The zero-order valence-corrected chi connectivity index (χ0v) is 10.6. The molecule has 0 saturated carbocycles. The molecule has 1 rings (SSSR count). The molecule has 1 aliphatic heterocycles. The molecule has 5 nitrogen and oxygen atoms in total. The molecule has 0 spiro atoms. The fourth-order valence-corrected chi connectivity index (χ4v) is 2.66. The molecule has 0 bridgehead atoms. The Morgan fingerprint density at radius 2 is 2.06 bits per heavy atom. The predicted molar refractivity (Wildman–Crippen MR) is 62.6 cm³/mol. The standard InChI is InChI=1S/C10H18N2O3S/c1-10(2,3)12-9(13)6-11-8-4-5-16(14,15)7-8/h4-5,8,11H,6-7H2,1-3H3,(H,12,13). The van der Waals surface area contributed by atoms with Crippen molar-refractivity contribution in [2.24, 2.45) is 0 Å². The van der Waals surface area contributed by atoms with Gasteiger partial charge in [0.25, 0.3) is 0 Å². The zero-order valence-electron chi connectivity index (χ0n) is 9.78. The van der Waals surface area contributed by atoms with Crippen LogP contribution in [-0.4, -0.2) is 38.2 Å². The average Bonchev–Trinajstić information content (AvgIpc) is 2.39. The SMILES string of the molecule is CC(C)(C)NC(=O)CNC1C=CS(=O)(=O)C1. The molecule has 6 heteroatoms. The second-order valence-electron chi connectivity index (χ2n) is 4.94. The monoisotopic (exact) mass is 246 g/mol.